The Balaban J connectivity index is 1.98. The maximum Gasteiger partial charge on any atom is 0.297 e. The van der Waals surface area contributed by atoms with Gasteiger partial charge in [0.25, 0.3) is 5.82 Å². The van der Waals surface area contributed by atoms with Gasteiger partial charge in [-0.05, 0) is 43.5 Å². The molecule has 1 fully saturated rings. The van der Waals surface area contributed by atoms with E-state index in [4.69, 9.17) is 0 Å². The molecule has 0 amide bonds. The van der Waals surface area contributed by atoms with Crippen LogP contribution in [0.2, 0.25) is 0 Å². The van der Waals surface area contributed by atoms with Crippen molar-refractivity contribution in [3.8, 4) is 11.3 Å². The quantitative estimate of drug-likeness (QED) is 0.767. The van der Waals surface area contributed by atoms with E-state index in [1.807, 2.05) is 19.2 Å². The third kappa shape index (κ3) is 2.30. The molecule has 1 aromatic carbocycles. The second-order valence-electron chi connectivity index (χ2n) is 5.49. The van der Waals surface area contributed by atoms with Gasteiger partial charge in [-0.1, -0.05) is 0 Å². The van der Waals surface area contributed by atoms with E-state index in [0.29, 0.717) is 0 Å². The Morgan fingerprint density at radius 3 is 2.35 bits per heavy atom. The summed E-state index contributed by atoms with van der Waals surface area (Å²) >= 11 is 0. The smallest absolute Gasteiger partial charge is 0.260 e. The summed E-state index contributed by atoms with van der Waals surface area (Å²) in [5.41, 5.74) is 2.17. The molecule has 0 spiro atoms. The first-order valence-corrected chi connectivity index (χ1v) is 7.24. The number of aromatic nitrogens is 2. The second kappa shape index (κ2) is 5.27. The number of piperidine rings is 1. The van der Waals surface area contributed by atoms with Crippen LogP contribution in [0.1, 0.15) is 19.3 Å². The molecule has 4 heteroatoms. The summed E-state index contributed by atoms with van der Waals surface area (Å²) in [7, 11) is 4.13. The Morgan fingerprint density at radius 1 is 1.05 bits per heavy atom. The average molecular weight is 274 g/mol. The largest absolute Gasteiger partial charge is 0.297 e. The summed E-state index contributed by atoms with van der Waals surface area (Å²) in [4.78, 5) is 2.44. The van der Waals surface area contributed by atoms with Crippen LogP contribution < -0.4 is 9.58 Å². The third-order valence-electron chi connectivity index (χ3n) is 4.22. The molecular weight excluding hydrogens is 253 g/mol. The molecule has 2 aromatic rings. The van der Waals surface area contributed by atoms with E-state index < -0.39 is 0 Å². The molecule has 1 aliphatic heterocycles. The van der Waals surface area contributed by atoms with Gasteiger partial charge in [-0.15, -0.1) is 0 Å². The summed E-state index contributed by atoms with van der Waals surface area (Å²) < 4.78 is 17.4. The molecule has 0 bridgehead atoms. The van der Waals surface area contributed by atoms with E-state index in [1.54, 1.807) is 0 Å². The normalized spacial score (nSPS) is 15.7. The summed E-state index contributed by atoms with van der Waals surface area (Å²) in [5, 5.41) is 0. The van der Waals surface area contributed by atoms with E-state index in [-0.39, 0.29) is 5.82 Å². The van der Waals surface area contributed by atoms with E-state index >= 15 is 0 Å². The summed E-state index contributed by atoms with van der Waals surface area (Å²) in [5.74, 6) is 1.05. The maximum atomic E-state index is 13.1. The topological polar surface area (TPSA) is 12.1 Å². The van der Waals surface area contributed by atoms with Crippen LogP contribution in [0.3, 0.4) is 0 Å². The lowest BCUT2D eigenvalue weighted by Crippen LogP contribution is -2.45. The number of hydrogen-bond donors (Lipinski definition) is 0. The van der Waals surface area contributed by atoms with Crippen molar-refractivity contribution in [2.75, 3.05) is 18.0 Å². The minimum atomic E-state index is -0.191. The van der Waals surface area contributed by atoms with E-state index in [2.05, 4.69) is 27.4 Å². The Hall–Kier alpha value is -1.84. The van der Waals surface area contributed by atoms with Gasteiger partial charge in [-0.3, -0.25) is 4.90 Å². The third-order valence-corrected chi connectivity index (χ3v) is 4.22. The molecule has 2 heterocycles. The molecule has 1 aliphatic rings. The van der Waals surface area contributed by atoms with E-state index in [0.717, 1.165) is 24.3 Å². The van der Waals surface area contributed by atoms with Crippen molar-refractivity contribution >= 4 is 5.82 Å². The van der Waals surface area contributed by atoms with E-state index in [1.165, 1.54) is 37.2 Å². The molecule has 3 nitrogen and oxygen atoms in total. The molecule has 0 N–H and O–H groups in total. The molecule has 0 aliphatic carbocycles. The summed E-state index contributed by atoms with van der Waals surface area (Å²) in [6.07, 6.45) is 3.86. The molecule has 0 unspecified atom stereocenters. The number of rotatable bonds is 2. The highest BCUT2D eigenvalue weighted by Gasteiger charge is 2.25. The van der Waals surface area contributed by atoms with Crippen molar-refractivity contribution in [1.29, 1.82) is 0 Å². The van der Waals surface area contributed by atoms with E-state index in [9.17, 15) is 4.39 Å². The van der Waals surface area contributed by atoms with Gasteiger partial charge in [0.05, 0.1) is 24.8 Å². The highest BCUT2D eigenvalue weighted by Crippen LogP contribution is 2.24. The molecule has 1 saturated heterocycles. The number of halogens is 1. The Kier molecular flexibility index (Phi) is 3.47. The Morgan fingerprint density at radius 2 is 1.70 bits per heavy atom. The maximum absolute atomic E-state index is 13.1. The van der Waals surface area contributed by atoms with Crippen LogP contribution in [0.15, 0.2) is 30.3 Å². The van der Waals surface area contributed by atoms with Crippen LogP contribution in [0.4, 0.5) is 10.2 Å². The van der Waals surface area contributed by atoms with Crippen molar-refractivity contribution < 1.29 is 9.07 Å². The van der Waals surface area contributed by atoms with Gasteiger partial charge in [-0.2, -0.15) is 4.68 Å². The van der Waals surface area contributed by atoms with Gasteiger partial charge in [-0.25, -0.2) is 9.07 Å². The zero-order chi connectivity index (χ0) is 14.1. The lowest BCUT2D eigenvalue weighted by molar-refractivity contribution is -0.738. The van der Waals surface area contributed by atoms with Gasteiger partial charge < -0.3 is 0 Å². The van der Waals surface area contributed by atoms with Gasteiger partial charge in [0.15, 0.2) is 0 Å². The molecule has 20 heavy (non-hydrogen) atoms. The number of anilines is 1. The van der Waals surface area contributed by atoms with Crippen LogP contribution in [-0.2, 0) is 14.1 Å². The van der Waals surface area contributed by atoms with Crippen molar-refractivity contribution in [3.05, 3.63) is 36.1 Å². The fourth-order valence-corrected chi connectivity index (χ4v) is 2.93. The van der Waals surface area contributed by atoms with Crippen LogP contribution >= 0.6 is 0 Å². The van der Waals surface area contributed by atoms with Crippen molar-refractivity contribution in [1.82, 2.24) is 4.68 Å². The van der Waals surface area contributed by atoms with Crippen LogP contribution in [-0.4, -0.2) is 17.8 Å². The summed E-state index contributed by atoms with van der Waals surface area (Å²) in [6, 6.07) is 8.92. The zero-order valence-corrected chi connectivity index (χ0v) is 12.1. The van der Waals surface area contributed by atoms with Gasteiger partial charge in [0.1, 0.15) is 12.9 Å². The van der Waals surface area contributed by atoms with Gasteiger partial charge in [0, 0.05) is 12.6 Å². The highest BCUT2D eigenvalue weighted by atomic mass is 19.1. The predicted molar refractivity (Wildman–Crippen MR) is 78.0 cm³/mol. The molecule has 106 valence electrons. The highest BCUT2D eigenvalue weighted by molar-refractivity contribution is 5.62. The predicted octanol–water partition coefficient (Wildman–Crippen LogP) is 2.65. The second-order valence-corrected chi connectivity index (χ2v) is 5.49. The first-order valence-electron chi connectivity index (χ1n) is 7.24. The first-order chi connectivity index (χ1) is 9.66. The van der Waals surface area contributed by atoms with Crippen molar-refractivity contribution in [2.45, 2.75) is 19.3 Å². The molecular formula is C16H21FN3+. The minimum absolute atomic E-state index is 0.191. The number of nitrogens with zero attached hydrogens (tertiary/aromatic N) is 3. The Bertz CT molecular complexity index is 595. The fraction of sp³-hybridized carbons (Fsp3) is 0.438. The number of hydrogen-bond acceptors (Lipinski definition) is 1. The fourth-order valence-electron chi connectivity index (χ4n) is 2.93. The van der Waals surface area contributed by atoms with Gasteiger partial charge in [0.2, 0.25) is 0 Å². The van der Waals surface area contributed by atoms with Crippen molar-refractivity contribution in [3.63, 3.8) is 0 Å². The lowest BCUT2D eigenvalue weighted by atomic mass is 10.1. The number of benzene rings is 1. The molecule has 3 rings (SSSR count). The van der Waals surface area contributed by atoms with Crippen LogP contribution in [0.25, 0.3) is 11.3 Å². The minimum Gasteiger partial charge on any atom is -0.260 e. The SMILES string of the molecule is Cn1c(-c2ccc(F)cc2)cc(N2CCCCC2)[n+]1C. The van der Waals surface area contributed by atoms with Crippen LogP contribution in [0.5, 0.6) is 0 Å². The standard InChI is InChI=1S/C16H21FN3/c1-18-15(13-6-8-14(17)9-7-13)12-16(19(18)2)20-10-4-3-5-11-20/h6-9,12H,3-5,10-11H2,1-2H3/q+1. The average Bonchev–Trinajstić information content (AvgIpc) is 2.77. The molecule has 0 atom stereocenters. The lowest BCUT2D eigenvalue weighted by Gasteiger charge is -2.20. The van der Waals surface area contributed by atoms with Crippen molar-refractivity contribution in [2.24, 2.45) is 14.1 Å². The van der Waals surface area contributed by atoms with Gasteiger partial charge >= 0.3 is 0 Å². The molecule has 0 saturated carbocycles. The first kappa shape index (κ1) is 13.2. The monoisotopic (exact) mass is 274 g/mol. The van der Waals surface area contributed by atoms with Crippen LogP contribution in [0, 0.1) is 5.82 Å². The molecule has 0 radical (unpaired) electrons. The molecule has 1 aromatic heterocycles. The summed E-state index contributed by atoms with van der Waals surface area (Å²) in [6.45, 7) is 2.25. The Labute approximate surface area is 119 Å². The zero-order valence-electron chi connectivity index (χ0n) is 12.1.